The molecule has 1 aliphatic rings. The Morgan fingerprint density at radius 2 is 1.89 bits per heavy atom. The minimum Gasteiger partial charge on any atom is -0.480 e. The Kier molecular flexibility index (Phi) is 7.71. The second kappa shape index (κ2) is 10.2. The van der Waals surface area contributed by atoms with Crippen LogP contribution in [0.25, 0.3) is 5.57 Å². The smallest absolute Gasteiger partial charge is 0.417 e. The molecule has 1 aliphatic carbocycles. The quantitative estimate of drug-likeness (QED) is 0.522. The van der Waals surface area contributed by atoms with Crippen LogP contribution < -0.4 is 9.46 Å². The molecule has 0 saturated heterocycles. The largest absolute Gasteiger partial charge is 0.480 e. The third kappa shape index (κ3) is 6.09. The molecule has 188 valence electrons. The number of rotatable bonds is 9. The van der Waals surface area contributed by atoms with Gasteiger partial charge >= 0.3 is 12.1 Å². The van der Waals surface area contributed by atoms with Crippen molar-refractivity contribution >= 4 is 21.6 Å². The van der Waals surface area contributed by atoms with Crippen LogP contribution in [0.4, 0.5) is 13.2 Å². The Labute approximate surface area is 201 Å². The molecule has 7 nitrogen and oxygen atoms in total. The zero-order chi connectivity index (χ0) is 25.9. The number of alkyl halides is 3. The number of halogens is 3. The summed E-state index contributed by atoms with van der Waals surface area (Å²) in [7, 11) is -4.34. The topological polar surface area (TPSA) is 106 Å². The van der Waals surface area contributed by atoms with Gasteiger partial charge in [0.05, 0.1) is 5.56 Å². The molecule has 2 unspecified atom stereocenters. The summed E-state index contributed by atoms with van der Waals surface area (Å²) < 4.78 is 71.4. The molecule has 0 radical (unpaired) electrons. The van der Waals surface area contributed by atoms with Crippen molar-refractivity contribution in [1.29, 1.82) is 0 Å². The number of aliphatic carboxylic acids is 1. The lowest BCUT2D eigenvalue weighted by Crippen LogP contribution is -2.55. The molecule has 0 aliphatic heterocycles. The van der Waals surface area contributed by atoms with E-state index in [2.05, 4.69) is 9.71 Å². The third-order valence-electron chi connectivity index (χ3n) is 5.62. The number of carboxylic acids is 1. The molecule has 1 heterocycles. The van der Waals surface area contributed by atoms with Gasteiger partial charge in [-0.15, -0.1) is 0 Å². The lowest BCUT2D eigenvalue weighted by atomic mass is 9.93. The van der Waals surface area contributed by atoms with Crippen molar-refractivity contribution in [1.82, 2.24) is 9.71 Å². The predicted molar refractivity (Wildman–Crippen MR) is 124 cm³/mol. The summed E-state index contributed by atoms with van der Waals surface area (Å²) >= 11 is 0. The van der Waals surface area contributed by atoms with Crippen LogP contribution in [0.15, 0.2) is 66.9 Å². The molecule has 35 heavy (non-hydrogen) atoms. The number of sulfonamides is 1. The van der Waals surface area contributed by atoms with Gasteiger partial charge in [0.2, 0.25) is 15.9 Å². The van der Waals surface area contributed by atoms with Crippen LogP contribution in [-0.2, 0) is 21.0 Å². The average Bonchev–Trinajstić information content (AvgIpc) is 2.81. The second-order valence-electron chi connectivity index (χ2n) is 8.48. The van der Waals surface area contributed by atoms with E-state index >= 15 is 0 Å². The first-order valence-corrected chi connectivity index (χ1v) is 12.2. The number of aromatic nitrogens is 1. The molecule has 0 bridgehead atoms. The van der Waals surface area contributed by atoms with Crippen molar-refractivity contribution in [3.8, 4) is 5.88 Å². The predicted octanol–water partition coefficient (Wildman–Crippen LogP) is 4.29. The zero-order valence-electron chi connectivity index (χ0n) is 19.0. The minimum atomic E-state index is -4.58. The summed E-state index contributed by atoms with van der Waals surface area (Å²) in [5.41, 5.74) is 0.657. The molecule has 2 N–H and O–H groups in total. The van der Waals surface area contributed by atoms with E-state index in [-0.39, 0.29) is 12.3 Å². The molecule has 0 spiro atoms. The number of pyridine rings is 1. The molecule has 2 aromatic rings. The van der Waals surface area contributed by atoms with Crippen LogP contribution in [0.3, 0.4) is 0 Å². The fourth-order valence-corrected chi connectivity index (χ4v) is 5.18. The number of carboxylic acid groups (broad SMARTS) is 1. The van der Waals surface area contributed by atoms with Crippen molar-refractivity contribution in [2.75, 3.05) is 6.61 Å². The summed E-state index contributed by atoms with van der Waals surface area (Å²) in [5, 5.41) is 9.49. The van der Waals surface area contributed by atoms with E-state index in [4.69, 9.17) is 4.74 Å². The maximum atomic E-state index is 13.5. The number of hydrogen-bond donors (Lipinski definition) is 2. The van der Waals surface area contributed by atoms with E-state index in [1.807, 2.05) is 30.3 Å². The number of nitrogens with one attached hydrogen (secondary N) is 1. The van der Waals surface area contributed by atoms with Gasteiger partial charge in [-0.1, -0.05) is 62.4 Å². The summed E-state index contributed by atoms with van der Waals surface area (Å²) in [6.07, 6.45) is 0.677. The highest BCUT2D eigenvalue weighted by atomic mass is 32.2. The standard InChI is InChI=1S/C24H25F3N2O5S/c1-16(2)21(22(30)31)29-35(32,33)23(12-10-18(11-13-23)17-6-4-3-5-7-17)15-34-20-9-8-19(14-28-20)24(25,26)27/h3-12,14,16,21,29H,13,15H2,1-2H3,(H,30,31). The number of ether oxygens (including phenoxy) is 1. The number of carbonyl (C=O) groups is 1. The normalized spacial score (nSPS) is 19.3. The van der Waals surface area contributed by atoms with Crippen molar-refractivity contribution in [2.24, 2.45) is 5.92 Å². The van der Waals surface area contributed by atoms with Gasteiger partial charge in [-0.05, 0) is 29.5 Å². The molecule has 2 atom stereocenters. The lowest BCUT2D eigenvalue weighted by Gasteiger charge is -2.33. The Morgan fingerprint density at radius 3 is 2.37 bits per heavy atom. The molecule has 0 saturated carbocycles. The van der Waals surface area contributed by atoms with Gasteiger partial charge in [-0.25, -0.2) is 13.4 Å². The Morgan fingerprint density at radius 1 is 1.20 bits per heavy atom. The van der Waals surface area contributed by atoms with Crippen molar-refractivity contribution in [3.05, 3.63) is 78.0 Å². The molecule has 1 aromatic carbocycles. The van der Waals surface area contributed by atoms with Crippen molar-refractivity contribution < 1.29 is 36.2 Å². The van der Waals surface area contributed by atoms with Crippen LogP contribution in [0, 0.1) is 5.92 Å². The number of benzene rings is 1. The maximum absolute atomic E-state index is 13.5. The molecular formula is C24H25F3N2O5S. The molecule has 1 aromatic heterocycles. The molecule has 0 amide bonds. The Bertz CT molecular complexity index is 1210. The summed E-state index contributed by atoms with van der Waals surface area (Å²) in [5.74, 6) is -2.07. The highest BCUT2D eigenvalue weighted by molar-refractivity contribution is 7.91. The Hall–Kier alpha value is -3.18. The first-order valence-electron chi connectivity index (χ1n) is 10.7. The third-order valence-corrected chi connectivity index (χ3v) is 7.67. The lowest BCUT2D eigenvalue weighted by molar-refractivity contribution is -0.140. The first kappa shape index (κ1) is 26.4. The number of allylic oxidation sites excluding steroid dienone is 3. The van der Waals surface area contributed by atoms with Crippen LogP contribution in [-0.4, -0.2) is 41.9 Å². The molecule has 0 fully saturated rings. The number of hydrogen-bond acceptors (Lipinski definition) is 5. The van der Waals surface area contributed by atoms with E-state index in [0.717, 1.165) is 23.3 Å². The van der Waals surface area contributed by atoms with Crippen LogP contribution in [0.5, 0.6) is 5.88 Å². The van der Waals surface area contributed by atoms with Gasteiger partial charge in [0.15, 0.2) is 0 Å². The minimum absolute atomic E-state index is 0.0614. The van der Waals surface area contributed by atoms with Crippen molar-refractivity contribution in [2.45, 2.75) is 37.2 Å². The van der Waals surface area contributed by atoms with Gasteiger partial charge in [-0.3, -0.25) is 4.79 Å². The SMILES string of the molecule is CC(C)C(NS(=O)(=O)C1(COc2ccc(C(F)(F)F)cn2)C=CC(c2ccccc2)=CC1)C(=O)O. The highest BCUT2D eigenvalue weighted by Crippen LogP contribution is 2.34. The van der Waals surface area contributed by atoms with E-state index in [9.17, 15) is 31.5 Å². The highest BCUT2D eigenvalue weighted by Gasteiger charge is 2.45. The monoisotopic (exact) mass is 510 g/mol. The van der Waals surface area contributed by atoms with Gasteiger partial charge in [0.1, 0.15) is 17.4 Å². The maximum Gasteiger partial charge on any atom is 0.417 e. The summed E-state index contributed by atoms with van der Waals surface area (Å²) in [6.45, 7) is 2.64. The van der Waals surface area contributed by atoms with Gasteiger partial charge in [0, 0.05) is 12.3 Å². The van der Waals surface area contributed by atoms with Crippen molar-refractivity contribution in [3.63, 3.8) is 0 Å². The van der Waals surface area contributed by atoms with E-state index in [1.165, 1.54) is 6.08 Å². The molecule has 3 rings (SSSR count). The van der Waals surface area contributed by atoms with Gasteiger partial charge in [0.25, 0.3) is 0 Å². The molecular weight excluding hydrogens is 485 g/mol. The van der Waals surface area contributed by atoms with E-state index < -0.39 is 51.0 Å². The van der Waals surface area contributed by atoms with Gasteiger partial charge in [-0.2, -0.15) is 17.9 Å². The Balaban J connectivity index is 1.91. The second-order valence-corrected chi connectivity index (χ2v) is 10.5. The number of nitrogens with zero attached hydrogens (tertiary/aromatic N) is 1. The summed E-state index contributed by atoms with van der Waals surface area (Å²) in [6, 6.07) is 9.64. The van der Waals surface area contributed by atoms with Gasteiger partial charge < -0.3 is 9.84 Å². The molecule has 11 heteroatoms. The summed E-state index contributed by atoms with van der Waals surface area (Å²) in [4.78, 5) is 15.3. The first-order chi connectivity index (χ1) is 16.3. The van der Waals surface area contributed by atoms with Crippen LogP contribution >= 0.6 is 0 Å². The average molecular weight is 511 g/mol. The fraction of sp³-hybridized carbons (Fsp3) is 0.333. The van der Waals surface area contributed by atoms with Crippen LogP contribution in [0.2, 0.25) is 0 Å². The van der Waals surface area contributed by atoms with Crippen LogP contribution in [0.1, 0.15) is 31.4 Å². The fourth-order valence-electron chi connectivity index (χ4n) is 3.47. The van der Waals surface area contributed by atoms with E-state index in [1.54, 1.807) is 26.0 Å². The zero-order valence-corrected chi connectivity index (χ0v) is 19.8. The van der Waals surface area contributed by atoms with E-state index in [0.29, 0.717) is 6.20 Å².